The minimum Gasteiger partial charge on any atom is -0.393 e. The summed E-state index contributed by atoms with van der Waals surface area (Å²) in [4.78, 5) is 22.5. The Balaban J connectivity index is 0.00000338. The summed E-state index contributed by atoms with van der Waals surface area (Å²) in [6, 6.07) is 11.5. The molecule has 0 radical (unpaired) electrons. The standard InChI is InChI=1S/C18H22N4O3.ClH/c1-11(2)12-3-5-13(6-4-12)16(20)10-21-18(23)14-7-8-15(19)17(9-14)22(24)25;/h3-9,11,16H,10,19-20H2,1-2H3,(H,21,23);1H. The Labute approximate surface area is 158 Å². The lowest BCUT2D eigenvalue weighted by atomic mass is 9.99. The van der Waals surface area contributed by atoms with Gasteiger partial charge in [0, 0.05) is 24.2 Å². The minimum absolute atomic E-state index is 0. The summed E-state index contributed by atoms with van der Waals surface area (Å²) >= 11 is 0. The third-order valence-electron chi connectivity index (χ3n) is 4.00. The lowest BCUT2D eigenvalue weighted by Crippen LogP contribution is -2.32. The summed E-state index contributed by atoms with van der Waals surface area (Å²) in [5.41, 5.74) is 13.7. The van der Waals surface area contributed by atoms with Gasteiger partial charge in [-0.3, -0.25) is 14.9 Å². The van der Waals surface area contributed by atoms with Crippen LogP contribution in [0.2, 0.25) is 0 Å². The first-order valence-electron chi connectivity index (χ1n) is 7.97. The first-order valence-corrected chi connectivity index (χ1v) is 7.97. The van der Waals surface area contributed by atoms with Crippen LogP contribution in [0.4, 0.5) is 11.4 Å². The maximum absolute atomic E-state index is 12.2. The number of carbonyl (C=O) groups is 1. The molecule has 1 atom stereocenters. The Morgan fingerprint density at radius 1 is 1.15 bits per heavy atom. The molecule has 2 aromatic carbocycles. The highest BCUT2D eigenvalue weighted by Gasteiger charge is 2.16. The fourth-order valence-electron chi connectivity index (χ4n) is 2.39. The molecule has 2 aromatic rings. The van der Waals surface area contributed by atoms with Gasteiger partial charge >= 0.3 is 0 Å². The van der Waals surface area contributed by atoms with Crippen LogP contribution in [0.3, 0.4) is 0 Å². The van der Waals surface area contributed by atoms with E-state index in [1.165, 1.54) is 17.7 Å². The molecule has 0 spiro atoms. The Morgan fingerprint density at radius 2 is 1.73 bits per heavy atom. The number of nitrogens with zero attached hydrogens (tertiary/aromatic N) is 1. The van der Waals surface area contributed by atoms with Crippen LogP contribution in [0.1, 0.15) is 47.3 Å². The van der Waals surface area contributed by atoms with E-state index >= 15 is 0 Å². The Morgan fingerprint density at radius 3 is 2.27 bits per heavy atom. The highest BCUT2D eigenvalue weighted by atomic mass is 35.5. The van der Waals surface area contributed by atoms with Crippen molar-refractivity contribution in [2.45, 2.75) is 25.8 Å². The third kappa shape index (κ3) is 5.18. The Bertz CT molecular complexity index is 779. The Kier molecular flexibility index (Phi) is 7.55. The maximum Gasteiger partial charge on any atom is 0.292 e. The van der Waals surface area contributed by atoms with Crippen molar-refractivity contribution in [3.8, 4) is 0 Å². The van der Waals surface area contributed by atoms with Gasteiger partial charge in [-0.2, -0.15) is 0 Å². The summed E-state index contributed by atoms with van der Waals surface area (Å²) in [5, 5.41) is 13.6. The van der Waals surface area contributed by atoms with Gasteiger partial charge in [0.2, 0.25) is 0 Å². The quantitative estimate of drug-likeness (QED) is 0.404. The van der Waals surface area contributed by atoms with Crippen LogP contribution in [-0.4, -0.2) is 17.4 Å². The molecule has 0 bridgehead atoms. The Hall–Kier alpha value is -2.64. The average molecular weight is 379 g/mol. The van der Waals surface area contributed by atoms with Crippen LogP contribution < -0.4 is 16.8 Å². The van der Waals surface area contributed by atoms with Crippen molar-refractivity contribution in [1.82, 2.24) is 5.32 Å². The van der Waals surface area contributed by atoms with Crippen molar-refractivity contribution in [2.75, 3.05) is 12.3 Å². The smallest absolute Gasteiger partial charge is 0.292 e. The van der Waals surface area contributed by atoms with Crippen molar-refractivity contribution >= 4 is 29.7 Å². The molecule has 0 aliphatic rings. The van der Waals surface area contributed by atoms with Gasteiger partial charge in [0.05, 0.1) is 4.92 Å². The molecule has 0 saturated heterocycles. The van der Waals surface area contributed by atoms with E-state index in [9.17, 15) is 14.9 Å². The number of carbonyl (C=O) groups excluding carboxylic acids is 1. The molecule has 2 rings (SSSR count). The van der Waals surface area contributed by atoms with Crippen LogP contribution in [0.15, 0.2) is 42.5 Å². The van der Waals surface area contributed by atoms with Crippen LogP contribution >= 0.6 is 12.4 Å². The number of benzene rings is 2. The van der Waals surface area contributed by atoms with Gasteiger partial charge in [-0.15, -0.1) is 12.4 Å². The number of halogens is 1. The van der Waals surface area contributed by atoms with E-state index in [0.717, 1.165) is 11.6 Å². The summed E-state index contributed by atoms with van der Waals surface area (Å²) in [6.45, 7) is 4.44. The van der Waals surface area contributed by atoms with Gasteiger partial charge < -0.3 is 16.8 Å². The molecule has 0 aromatic heterocycles. The van der Waals surface area contributed by atoms with E-state index in [1.54, 1.807) is 0 Å². The van der Waals surface area contributed by atoms with Gasteiger partial charge in [-0.1, -0.05) is 38.1 Å². The van der Waals surface area contributed by atoms with E-state index in [1.807, 2.05) is 24.3 Å². The zero-order valence-corrected chi connectivity index (χ0v) is 15.5. The predicted molar refractivity (Wildman–Crippen MR) is 105 cm³/mol. The number of amides is 1. The molecule has 1 amide bonds. The number of nitrogen functional groups attached to an aromatic ring is 1. The van der Waals surface area contributed by atoms with Crippen LogP contribution in [-0.2, 0) is 0 Å². The van der Waals surface area contributed by atoms with Crippen molar-refractivity contribution in [1.29, 1.82) is 0 Å². The molecule has 8 heteroatoms. The number of nitrogens with one attached hydrogen (secondary N) is 1. The summed E-state index contributed by atoms with van der Waals surface area (Å²) in [7, 11) is 0. The number of nitro benzene ring substituents is 1. The number of nitro groups is 1. The van der Waals surface area contributed by atoms with Crippen molar-refractivity contribution in [3.05, 3.63) is 69.3 Å². The topological polar surface area (TPSA) is 124 Å². The lowest BCUT2D eigenvalue weighted by molar-refractivity contribution is -0.383. The summed E-state index contributed by atoms with van der Waals surface area (Å²) < 4.78 is 0. The maximum atomic E-state index is 12.2. The molecule has 0 aliphatic carbocycles. The van der Waals surface area contributed by atoms with E-state index < -0.39 is 10.8 Å². The predicted octanol–water partition coefficient (Wildman–Crippen LogP) is 3.15. The first-order chi connectivity index (χ1) is 11.8. The zero-order valence-electron chi connectivity index (χ0n) is 14.6. The normalized spacial score (nSPS) is 11.5. The number of rotatable bonds is 6. The molecule has 0 aliphatic heterocycles. The van der Waals surface area contributed by atoms with Crippen LogP contribution in [0, 0.1) is 10.1 Å². The zero-order chi connectivity index (χ0) is 18.6. The molecule has 0 saturated carbocycles. The van der Waals surface area contributed by atoms with Gasteiger partial charge in [-0.25, -0.2) is 0 Å². The van der Waals surface area contributed by atoms with Crippen molar-refractivity contribution < 1.29 is 9.72 Å². The van der Waals surface area contributed by atoms with Gasteiger partial charge in [-0.05, 0) is 29.2 Å². The van der Waals surface area contributed by atoms with E-state index in [4.69, 9.17) is 11.5 Å². The van der Waals surface area contributed by atoms with E-state index in [2.05, 4.69) is 19.2 Å². The molecule has 1 unspecified atom stereocenters. The SMILES string of the molecule is CC(C)c1ccc(C(N)CNC(=O)c2ccc(N)c([N+](=O)[O-])c2)cc1.Cl. The number of hydrogen-bond acceptors (Lipinski definition) is 5. The number of nitrogens with two attached hydrogens (primary N) is 2. The van der Waals surface area contributed by atoms with Gasteiger partial charge in [0.1, 0.15) is 5.69 Å². The van der Waals surface area contributed by atoms with Gasteiger partial charge in [0.25, 0.3) is 11.6 Å². The van der Waals surface area contributed by atoms with Gasteiger partial charge in [0.15, 0.2) is 0 Å². The van der Waals surface area contributed by atoms with E-state index in [-0.39, 0.29) is 41.9 Å². The largest absolute Gasteiger partial charge is 0.393 e. The fraction of sp³-hybridized carbons (Fsp3) is 0.278. The minimum atomic E-state index is -0.617. The molecule has 0 heterocycles. The second-order valence-electron chi connectivity index (χ2n) is 6.17. The fourth-order valence-corrected chi connectivity index (χ4v) is 2.39. The summed E-state index contributed by atoms with van der Waals surface area (Å²) in [6.07, 6.45) is 0. The third-order valence-corrected chi connectivity index (χ3v) is 4.00. The van der Waals surface area contributed by atoms with E-state index in [0.29, 0.717) is 5.92 Å². The lowest BCUT2D eigenvalue weighted by Gasteiger charge is -2.14. The van der Waals surface area contributed by atoms with Crippen LogP contribution in [0.25, 0.3) is 0 Å². The molecule has 5 N–H and O–H groups in total. The molecular weight excluding hydrogens is 356 g/mol. The molecular formula is C18H23ClN4O3. The van der Waals surface area contributed by atoms with Crippen molar-refractivity contribution in [2.24, 2.45) is 5.73 Å². The first kappa shape index (κ1) is 21.4. The average Bonchev–Trinajstić information content (AvgIpc) is 2.59. The number of anilines is 1. The highest BCUT2D eigenvalue weighted by Crippen LogP contribution is 2.22. The number of hydrogen-bond donors (Lipinski definition) is 3. The second kappa shape index (κ2) is 9.17. The molecule has 0 fully saturated rings. The highest BCUT2D eigenvalue weighted by molar-refractivity contribution is 5.95. The monoisotopic (exact) mass is 378 g/mol. The second-order valence-corrected chi connectivity index (χ2v) is 6.17. The summed E-state index contributed by atoms with van der Waals surface area (Å²) in [5.74, 6) is 0.00337. The molecule has 26 heavy (non-hydrogen) atoms. The molecule has 7 nitrogen and oxygen atoms in total. The van der Waals surface area contributed by atoms with Crippen molar-refractivity contribution in [3.63, 3.8) is 0 Å². The molecule has 140 valence electrons. The van der Waals surface area contributed by atoms with Crippen LogP contribution in [0.5, 0.6) is 0 Å².